The number of thioether (sulfide) groups is 1. The number of amides is 1. The van der Waals surface area contributed by atoms with Crippen molar-refractivity contribution < 1.29 is 14.3 Å². The molecule has 0 spiro atoms. The van der Waals surface area contributed by atoms with E-state index in [4.69, 9.17) is 4.74 Å². The summed E-state index contributed by atoms with van der Waals surface area (Å²) in [7, 11) is 0. The van der Waals surface area contributed by atoms with E-state index >= 15 is 0 Å². The fourth-order valence-electron chi connectivity index (χ4n) is 2.64. The SMILES string of the molecule is CC(OC(=O)CSc1ccc2c(c1)CCC2)C(=O)Nc1ncccn1. The van der Waals surface area contributed by atoms with Gasteiger partial charge in [0.25, 0.3) is 5.91 Å². The average molecular weight is 357 g/mol. The summed E-state index contributed by atoms with van der Waals surface area (Å²) in [6, 6.07) is 7.95. The number of nitrogens with zero attached hydrogens (tertiary/aromatic N) is 2. The number of fused-ring (bicyclic) bond motifs is 1. The standard InChI is InChI=1S/C18H19N3O3S/c1-12(17(23)21-18-19-8-3-9-20-18)24-16(22)11-25-15-7-6-13-4-2-5-14(13)10-15/h3,6-10,12H,2,4-5,11H2,1H3,(H,19,20,21,23). The van der Waals surface area contributed by atoms with Gasteiger partial charge in [0.2, 0.25) is 5.95 Å². The lowest BCUT2D eigenvalue weighted by molar-refractivity contribution is -0.150. The van der Waals surface area contributed by atoms with Crippen LogP contribution in [0, 0.1) is 0 Å². The summed E-state index contributed by atoms with van der Waals surface area (Å²) in [6.07, 6.45) is 5.58. The van der Waals surface area contributed by atoms with Gasteiger partial charge in [0, 0.05) is 17.3 Å². The van der Waals surface area contributed by atoms with E-state index in [9.17, 15) is 9.59 Å². The Morgan fingerprint density at radius 1 is 1.24 bits per heavy atom. The minimum atomic E-state index is -0.906. The largest absolute Gasteiger partial charge is 0.452 e. The van der Waals surface area contributed by atoms with Gasteiger partial charge in [0.1, 0.15) is 0 Å². The number of carbonyl (C=O) groups excluding carboxylic acids is 2. The second-order valence-corrected chi connectivity index (χ2v) is 6.82. The lowest BCUT2D eigenvalue weighted by Crippen LogP contribution is -2.31. The van der Waals surface area contributed by atoms with Crippen LogP contribution in [0.2, 0.25) is 0 Å². The summed E-state index contributed by atoms with van der Waals surface area (Å²) in [6.45, 7) is 1.52. The van der Waals surface area contributed by atoms with Gasteiger partial charge in [-0.1, -0.05) is 6.07 Å². The molecule has 1 atom stereocenters. The normalized spacial score (nSPS) is 13.8. The smallest absolute Gasteiger partial charge is 0.317 e. The molecule has 0 aliphatic heterocycles. The van der Waals surface area contributed by atoms with Crippen molar-refractivity contribution in [2.75, 3.05) is 11.1 Å². The molecule has 1 amide bonds. The lowest BCUT2D eigenvalue weighted by Gasteiger charge is -2.12. The molecule has 25 heavy (non-hydrogen) atoms. The number of benzene rings is 1. The van der Waals surface area contributed by atoms with Crippen LogP contribution in [0.5, 0.6) is 0 Å². The second kappa shape index (κ2) is 8.11. The Balaban J connectivity index is 1.46. The number of aryl methyl sites for hydroxylation is 2. The van der Waals surface area contributed by atoms with Crippen molar-refractivity contribution in [2.24, 2.45) is 0 Å². The fraction of sp³-hybridized carbons (Fsp3) is 0.333. The van der Waals surface area contributed by atoms with E-state index in [0.717, 1.165) is 17.7 Å². The summed E-state index contributed by atoms with van der Waals surface area (Å²) >= 11 is 1.42. The van der Waals surface area contributed by atoms with Crippen molar-refractivity contribution in [1.29, 1.82) is 0 Å². The number of anilines is 1. The Hall–Kier alpha value is -2.41. The van der Waals surface area contributed by atoms with Crippen molar-refractivity contribution in [3.63, 3.8) is 0 Å². The van der Waals surface area contributed by atoms with Crippen LogP contribution in [0.4, 0.5) is 5.95 Å². The molecule has 0 saturated carbocycles. The van der Waals surface area contributed by atoms with Gasteiger partial charge in [-0.25, -0.2) is 9.97 Å². The third-order valence-corrected chi connectivity index (χ3v) is 4.87. The minimum absolute atomic E-state index is 0.165. The Morgan fingerprint density at radius 2 is 2.00 bits per heavy atom. The molecular formula is C18H19N3O3S. The quantitative estimate of drug-likeness (QED) is 0.632. The van der Waals surface area contributed by atoms with E-state index in [0.29, 0.717) is 0 Å². The van der Waals surface area contributed by atoms with E-state index in [1.54, 1.807) is 6.07 Å². The molecule has 7 heteroatoms. The highest BCUT2D eigenvalue weighted by atomic mass is 32.2. The molecule has 0 radical (unpaired) electrons. The molecule has 6 nitrogen and oxygen atoms in total. The first-order valence-corrected chi connectivity index (χ1v) is 9.12. The first-order valence-electron chi connectivity index (χ1n) is 8.14. The number of ether oxygens (including phenoxy) is 1. The topological polar surface area (TPSA) is 81.2 Å². The number of aromatic nitrogens is 2. The van der Waals surface area contributed by atoms with Crippen molar-refractivity contribution in [1.82, 2.24) is 9.97 Å². The highest BCUT2D eigenvalue weighted by molar-refractivity contribution is 8.00. The molecule has 1 aromatic heterocycles. The van der Waals surface area contributed by atoms with E-state index in [1.807, 2.05) is 6.07 Å². The number of carbonyl (C=O) groups is 2. The number of hydrogen-bond donors (Lipinski definition) is 1. The van der Waals surface area contributed by atoms with Gasteiger partial charge in [-0.15, -0.1) is 11.8 Å². The predicted octanol–water partition coefficient (Wildman–Crippen LogP) is 2.63. The zero-order valence-corrected chi connectivity index (χ0v) is 14.7. The molecule has 3 rings (SSSR count). The maximum Gasteiger partial charge on any atom is 0.317 e. The van der Waals surface area contributed by atoms with E-state index < -0.39 is 18.0 Å². The third kappa shape index (κ3) is 4.79. The molecule has 0 bridgehead atoms. The van der Waals surface area contributed by atoms with Gasteiger partial charge in [0.15, 0.2) is 6.10 Å². The molecule has 1 N–H and O–H groups in total. The summed E-state index contributed by atoms with van der Waals surface area (Å²) < 4.78 is 5.17. The highest BCUT2D eigenvalue weighted by Gasteiger charge is 2.19. The Labute approximate surface area is 150 Å². The Bertz CT molecular complexity index is 767. The molecule has 1 heterocycles. The number of rotatable bonds is 6. The minimum Gasteiger partial charge on any atom is -0.452 e. The Morgan fingerprint density at radius 3 is 2.80 bits per heavy atom. The summed E-state index contributed by atoms with van der Waals surface area (Å²) in [5.74, 6) is -0.537. The van der Waals surface area contributed by atoms with Crippen molar-refractivity contribution in [3.8, 4) is 0 Å². The van der Waals surface area contributed by atoms with E-state index in [2.05, 4.69) is 27.4 Å². The summed E-state index contributed by atoms with van der Waals surface area (Å²) in [4.78, 5) is 32.8. The first-order chi connectivity index (χ1) is 12.1. The van der Waals surface area contributed by atoms with Crippen LogP contribution in [0.3, 0.4) is 0 Å². The highest BCUT2D eigenvalue weighted by Crippen LogP contribution is 2.27. The molecule has 0 saturated heterocycles. The van der Waals surface area contributed by atoms with Crippen molar-refractivity contribution in [2.45, 2.75) is 37.2 Å². The van der Waals surface area contributed by atoms with E-state index in [-0.39, 0.29) is 11.7 Å². The molecule has 2 aromatic rings. The maximum atomic E-state index is 12.0. The van der Waals surface area contributed by atoms with Gasteiger partial charge in [0.05, 0.1) is 5.75 Å². The van der Waals surface area contributed by atoms with Gasteiger partial charge in [-0.2, -0.15) is 0 Å². The Kier molecular flexibility index (Phi) is 5.65. The molecule has 130 valence electrons. The monoisotopic (exact) mass is 357 g/mol. The molecule has 1 unspecified atom stereocenters. The molecular weight excluding hydrogens is 338 g/mol. The van der Waals surface area contributed by atoms with Crippen LogP contribution in [0.1, 0.15) is 24.5 Å². The lowest BCUT2D eigenvalue weighted by atomic mass is 10.1. The zero-order valence-electron chi connectivity index (χ0n) is 13.9. The van der Waals surface area contributed by atoms with Gasteiger partial charge < -0.3 is 4.74 Å². The summed E-state index contributed by atoms with van der Waals surface area (Å²) in [5, 5.41) is 2.50. The van der Waals surface area contributed by atoms with Crippen LogP contribution in [0.15, 0.2) is 41.6 Å². The third-order valence-electron chi connectivity index (χ3n) is 3.90. The van der Waals surface area contributed by atoms with Crippen LogP contribution in [0.25, 0.3) is 0 Å². The number of nitrogens with one attached hydrogen (secondary N) is 1. The van der Waals surface area contributed by atoms with E-state index in [1.165, 1.54) is 48.6 Å². The van der Waals surface area contributed by atoms with Gasteiger partial charge in [-0.05, 0) is 55.5 Å². The summed E-state index contributed by atoms with van der Waals surface area (Å²) in [5.41, 5.74) is 2.77. The fourth-order valence-corrected chi connectivity index (χ4v) is 3.38. The molecule has 1 aliphatic carbocycles. The average Bonchev–Trinajstić information content (AvgIpc) is 3.08. The van der Waals surface area contributed by atoms with Crippen LogP contribution in [-0.4, -0.2) is 33.7 Å². The predicted molar refractivity (Wildman–Crippen MR) is 95.4 cm³/mol. The number of hydrogen-bond acceptors (Lipinski definition) is 6. The van der Waals surface area contributed by atoms with Crippen LogP contribution in [-0.2, 0) is 27.2 Å². The van der Waals surface area contributed by atoms with Crippen LogP contribution < -0.4 is 5.32 Å². The second-order valence-electron chi connectivity index (χ2n) is 5.77. The van der Waals surface area contributed by atoms with Gasteiger partial charge >= 0.3 is 5.97 Å². The first kappa shape index (κ1) is 17.4. The number of esters is 1. The van der Waals surface area contributed by atoms with Crippen molar-refractivity contribution in [3.05, 3.63) is 47.8 Å². The maximum absolute atomic E-state index is 12.0. The zero-order chi connectivity index (χ0) is 17.6. The molecule has 1 aliphatic rings. The molecule has 1 aromatic carbocycles. The van der Waals surface area contributed by atoms with Crippen molar-refractivity contribution >= 4 is 29.6 Å². The van der Waals surface area contributed by atoms with Gasteiger partial charge in [-0.3, -0.25) is 14.9 Å². The molecule has 0 fully saturated rings. The van der Waals surface area contributed by atoms with Crippen LogP contribution >= 0.6 is 11.8 Å².